The van der Waals surface area contributed by atoms with E-state index in [1.807, 2.05) is 31.2 Å². The van der Waals surface area contributed by atoms with Crippen LogP contribution in [0.5, 0.6) is 0 Å². The molecule has 1 fully saturated rings. The number of rotatable bonds is 6. The third kappa shape index (κ3) is 3.29. The second-order valence-electron chi connectivity index (χ2n) is 5.81. The maximum absolute atomic E-state index is 10.9. The van der Waals surface area contributed by atoms with E-state index in [1.165, 1.54) is 0 Å². The molecular formula is C16H25N3O2. The Morgan fingerprint density at radius 2 is 2.14 bits per heavy atom. The lowest BCUT2D eigenvalue weighted by atomic mass is 9.61. The summed E-state index contributed by atoms with van der Waals surface area (Å²) in [6.07, 6.45) is 2.39. The molecule has 0 radical (unpaired) electrons. The summed E-state index contributed by atoms with van der Waals surface area (Å²) in [6.45, 7) is 7.26. The summed E-state index contributed by atoms with van der Waals surface area (Å²) in [6, 6.07) is 7.44. The lowest BCUT2D eigenvalue weighted by Gasteiger charge is -2.54. The second-order valence-corrected chi connectivity index (χ2v) is 5.81. The number of hydrogen-bond acceptors (Lipinski definition) is 3. The van der Waals surface area contributed by atoms with Crippen LogP contribution < -0.4 is 16.4 Å². The smallest absolute Gasteiger partial charge is 0.316 e. The zero-order chi connectivity index (χ0) is 15.5. The number of benzene rings is 1. The molecule has 1 aromatic rings. The Morgan fingerprint density at radius 1 is 1.43 bits per heavy atom. The fourth-order valence-electron chi connectivity index (χ4n) is 3.00. The van der Waals surface area contributed by atoms with Crippen molar-refractivity contribution in [3.05, 3.63) is 24.3 Å². The van der Waals surface area contributed by atoms with Crippen LogP contribution in [0.1, 0.15) is 33.6 Å². The van der Waals surface area contributed by atoms with Crippen LogP contribution in [0.4, 0.5) is 16.2 Å². The Kier molecular flexibility index (Phi) is 4.73. The molecule has 0 saturated heterocycles. The monoisotopic (exact) mass is 291 g/mol. The molecule has 21 heavy (non-hydrogen) atoms. The van der Waals surface area contributed by atoms with E-state index in [0.29, 0.717) is 17.8 Å². The number of nitrogens with two attached hydrogens (primary N) is 1. The van der Waals surface area contributed by atoms with Crippen LogP contribution in [0.3, 0.4) is 0 Å². The molecule has 0 aromatic heterocycles. The fourth-order valence-corrected chi connectivity index (χ4v) is 3.00. The van der Waals surface area contributed by atoms with Gasteiger partial charge in [-0.2, -0.15) is 0 Å². The maximum Gasteiger partial charge on any atom is 0.316 e. The summed E-state index contributed by atoms with van der Waals surface area (Å²) < 4.78 is 5.82. The number of nitrogens with one attached hydrogen (secondary N) is 2. The Bertz CT molecular complexity index is 506. The number of primary amides is 1. The molecule has 5 heteroatoms. The van der Waals surface area contributed by atoms with E-state index >= 15 is 0 Å². The molecule has 1 aliphatic rings. The molecule has 2 amide bonds. The van der Waals surface area contributed by atoms with Crippen molar-refractivity contribution >= 4 is 17.4 Å². The molecule has 3 unspecified atom stereocenters. The summed E-state index contributed by atoms with van der Waals surface area (Å²) in [5, 5.41) is 6.14. The van der Waals surface area contributed by atoms with Gasteiger partial charge in [0.25, 0.3) is 0 Å². The van der Waals surface area contributed by atoms with E-state index in [4.69, 9.17) is 10.5 Å². The molecule has 0 aliphatic heterocycles. The molecule has 0 heterocycles. The van der Waals surface area contributed by atoms with E-state index in [-0.39, 0.29) is 5.41 Å². The fraction of sp³-hybridized carbons (Fsp3) is 0.562. The molecule has 1 aliphatic carbocycles. The van der Waals surface area contributed by atoms with Crippen LogP contribution in [0.25, 0.3) is 0 Å². The van der Waals surface area contributed by atoms with Gasteiger partial charge in [-0.15, -0.1) is 0 Å². The average Bonchev–Trinajstić information content (AvgIpc) is 2.45. The van der Waals surface area contributed by atoms with Gasteiger partial charge < -0.3 is 21.1 Å². The van der Waals surface area contributed by atoms with E-state index in [0.717, 1.165) is 25.1 Å². The highest BCUT2D eigenvalue weighted by molar-refractivity contribution is 5.88. The zero-order valence-corrected chi connectivity index (χ0v) is 13.0. The van der Waals surface area contributed by atoms with Crippen LogP contribution in [0, 0.1) is 5.41 Å². The lowest BCUT2D eigenvalue weighted by molar-refractivity contribution is -0.109. The van der Waals surface area contributed by atoms with Crippen LogP contribution in [0.15, 0.2) is 24.3 Å². The Labute approximate surface area is 126 Å². The predicted molar refractivity (Wildman–Crippen MR) is 85.5 cm³/mol. The van der Waals surface area contributed by atoms with Crippen molar-refractivity contribution in [1.29, 1.82) is 0 Å². The van der Waals surface area contributed by atoms with Crippen molar-refractivity contribution in [2.24, 2.45) is 11.1 Å². The quantitative estimate of drug-likeness (QED) is 0.753. The van der Waals surface area contributed by atoms with Gasteiger partial charge in [0.05, 0.1) is 6.10 Å². The Hall–Kier alpha value is -1.75. The van der Waals surface area contributed by atoms with Gasteiger partial charge in [0.2, 0.25) is 0 Å². The molecule has 1 saturated carbocycles. The maximum atomic E-state index is 10.9. The van der Waals surface area contributed by atoms with Crippen LogP contribution in [0.2, 0.25) is 0 Å². The van der Waals surface area contributed by atoms with E-state index in [1.54, 1.807) is 0 Å². The summed E-state index contributed by atoms with van der Waals surface area (Å²) in [5.74, 6) is 0. The van der Waals surface area contributed by atoms with Crippen LogP contribution >= 0.6 is 0 Å². The standard InChI is InChI=1S/C16H25N3O2/c1-4-16(3)13(10-14(16)21-5-2)18-11-7-6-8-12(9-11)19-15(17)20/h6-9,13-14,18H,4-5,10H2,1-3H3,(H3,17,19,20). The van der Waals surface area contributed by atoms with Gasteiger partial charge in [-0.1, -0.05) is 19.9 Å². The van der Waals surface area contributed by atoms with Crippen molar-refractivity contribution in [3.8, 4) is 0 Å². The average molecular weight is 291 g/mol. The minimum Gasteiger partial charge on any atom is -0.382 e. The highest BCUT2D eigenvalue weighted by Gasteiger charge is 2.51. The minimum atomic E-state index is -0.550. The van der Waals surface area contributed by atoms with Gasteiger partial charge in [0, 0.05) is 29.4 Å². The first kappa shape index (κ1) is 15.6. The minimum absolute atomic E-state index is 0.142. The third-order valence-electron chi connectivity index (χ3n) is 4.58. The molecule has 116 valence electrons. The molecule has 2 rings (SSSR count). The molecule has 0 bridgehead atoms. The predicted octanol–water partition coefficient (Wildman–Crippen LogP) is 3.18. The van der Waals surface area contributed by atoms with Crippen molar-refractivity contribution in [1.82, 2.24) is 0 Å². The molecule has 5 nitrogen and oxygen atoms in total. The number of carbonyl (C=O) groups is 1. The molecule has 0 spiro atoms. The van der Waals surface area contributed by atoms with E-state index in [9.17, 15) is 4.79 Å². The van der Waals surface area contributed by atoms with Crippen LogP contribution in [-0.2, 0) is 4.74 Å². The van der Waals surface area contributed by atoms with Gasteiger partial charge in [-0.05, 0) is 38.0 Å². The van der Waals surface area contributed by atoms with Crippen molar-refractivity contribution in [3.63, 3.8) is 0 Å². The van der Waals surface area contributed by atoms with Crippen molar-refractivity contribution in [2.75, 3.05) is 17.2 Å². The van der Waals surface area contributed by atoms with Gasteiger partial charge in [0.15, 0.2) is 0 Å². The highest BCUT2D eigenvalue weighted by Crippen LogP contribution is 2.47. The van der Waals surface area contributed by atoms with E-state index < -0.39 is 6.03 Å². The summed E-state index contributed by atoms with van der Waals surface area (Å²) >= 11 is 0. The zero-order valence-electron chi connectivity index (χ0n) is 13.0. The number of urea groups is 1. The lowest BCUT2D eigenvalue weighted by Crippen LogP contribution is -2.59. The van der Waals surface area contributed by atoms with Gasteiger partial charge in [-0.3, -0.25) is 0 Å². The Balaban J connectivity index is 2.03. The van der Waals surface area contributed by atoms with Crippen LogP contribution in [-0.4, -0.2) is 24.8 Å². The van der Waals surface area contributed by atoms with Gasteiger partial charge in [-0.25, -0.2) is 4.79 Å². The molecule has 3 atom stereocenters. The number of amides is 2. The van der Waals surface area contributed by atoms with Crippen molar-refractivity contribution < 1.29 is 9.53 Å². The van der Waals surface area contributed by atoms with Gasteiger partial charge >= 0.3 is 6.03 Å². The molecular weight excluding hydrogens is 266 g/mol. The number of anilines is 2. The largest absolute Gasteiger partial charge is 0.382 e. The van der Waals surface area contributed by atoms with Gasteiger partial charge in [0.1, 0.15) is 0 Å². The van der Waals surface area contributed by atoms with Crippen molar-refractivity contribution in [2.45, 2.75) is 45.8 Å². The number of carbonyl (C=O) groups excluding carboxylic acids is 1. The summed E-state index contributed by atoms with van der Waals surface area (Å²) in [4.78, 5) is 10.9. The number of hydrogen-bond donors (Lipinski definition) is 3. The SMILES string of the molecule is CCOC1CC(Nc2cccc(NC(N)=O)c2)C1(C)CC. The first-order chi connectivity index (χ1) is 9.99. The molecule has 4 N–H and O–H groups in total. The summed E-state index contributed by atoms with van der Waals surface area (Å²) in [7, 11) is 0. The number of ether oxygens (including phenoxy) is 1. The highest BCUT2D eigenvalue weighted by atomic mass is 16.5. The van der Waals surface area contributed by atoms with E-state index in [2.05, 4.69) is 24.5 Å². The molecule has 1 aromatic carbocycles. The normalized spacial score (nSPS) is 27.8. The third-order valence-corrected chi connectivity index (χ3v) is 4.58. The Morgan fingerprint density at radius 3 is 2.76 bits per heavy atom. The first-order valence-corrected chi connectivity index (χ1v) is 7.54. The second kappa shape index (κ2) is 6.35. The topological polar surface area (TPSA) is 76.4 Å². The summed E-state index contributed by atoms with van der Waals surface area (Å²) in [5.41, 5.74) is 6.97. The first-order valence-electron chi connectivity index (χ1n) is 7.54.